The standard InChI is InChI=1S/C15H24N2O/c1-3-17(12-11-16)15(18)6-4-5-14-9-7-13(2)8-10-14/h7-10H,3-6,11-12,16H2,1-2H3. The molecule has 0 bridgehead atoms. The minimum atomic E-state index is 0.218. The van der Waals surface area contributed by atoms with Gasteiger partial charge in [0.2, 0.25) is 5.91 Å². The summed E-state index contributed by atoms with van der Waals surface area (Å²) in [6.45, 7) is 6.03. The number of likely N-dealkylation sites (N-methyl/N-ethyl adjacent to an activating group) is 1. The summed E-state index contributed by atoms with van der Waals surface area (Å²) in [5.41, 5.74) is 8.06. The zero-order valence-corrected chi connectivity index (χ0v) is 11.5. The van der Waals surface area contributed by atoms with Gasteiger partial charge < -0.3 is 10.6 Å². The molecule has 18 heavy (non-hydrogen) atoms. The maximum absolute atomic E-state index is 11.9. The van der Waals surface area contributed by atoms with Crippen molar-refractivity contribution in [3.8, 4) is 0 Å². The topological polar surface area (TPSA) is 46.3 Å². The van der Waals surface area contributed by atoms with Crippen molar-refractivity contribution in [1.29, 1.82) is 0 Å². The van der Waals surface area contributed by atoms with E-state index in [1.807, 2.05) is 11.8 Å². The van der Waals surface area contributed by atoms with Gasteiger partial charge in [0.15, 0.2) is 0 Å². The van der Waals surface area contributed by atoms with E-state index >= 15 is 0 Å². The molecule has 0 aliphatic heterocycles. The first-order chi connectivity index (χ1) is 8.67. The van der Waals surface area contributed by atoms with Crippen LogP contribution in [-0.4, -0.2) is 30.4 Å². The third-order valence-electron chi connectivity index (χ3n) is 3.11. The van der Waals surface area contributed by atoms with E-state index in [2.05, 4.69) is 31.2 Å². The fourth-order valence-electron chi connectivity index (χ4n) is 1.97. The highest BCUT2D eigenvalue weighted by atomic mass is 16.2. The molecule has 0 aliphatic rings. The van der Waals surface area contributed by atoms with E-state index in [4.69, 9.17) is 5.73 Å². The van der Waals surface area contributed by atoms with Gasteiger partial charge in [-0.25, -0.2) is 0 Å². The Morgan fingerprint density at radius 2 is 1.94 bits per heavy atom. The Hall–Kier alpha value is -1.35. The number of amides is 1. The molecule has 0 fully saturated rings. The number of benzene rings is 1. The molecule has 0 spiro atoms. The molecule has 100 valence electrons. The number of rotatable bonds is 7. The maximum Gasteiger partial charge on any atom is 0.222 e. The van der Waals surface area contributed by atoms with Crippen molar-refractivity contribution in [1.82, 2.24) is 4.90 Å². The Morgan fingerprint density at radius 1 is 1.28 bits per heavy atom. The summed E-state index contributed by atoms with van der Waals surface area (Å²) < 4.78 is 0. The smallest absolute Gasteiger partial charge is 0.222 e. The summed E-state index contributed by atoms with van der Waals surface area (Å²) in [7, 11) is 0. The van der Waals surface area contributed by atoms with Crippen LogP contribution in [0.1, 0.15) is 30.9 Å². The van der Waals surface area contributed by atoms with Gasteiger partial charge in [0.05, 0.1) is 0 Å². The van der Waals surface area contributed by atoms with Crippen molar-refractivity contribution in [2.24, 2.45) is 5.73 Å². The van der Waals surface area contributed by atoms with Gasteiger partial charge in [0.1, 0.15) is 0 Å². The van der Waals surface area contributed by atoms with Gasteiger partial charge >= 0.3 is 0 Å². The summed E-state index contributed by atoms with van der Waals surface area (Å²) in [6.07, 6.45) is 2.48. The lowest BCUT2D eigenvalue weighted by atomic mass is 10.1. The van der Waals surface area contributed by atoms with Crippen LogP contribution in [0, 0.1) is 6.92 Å². The third kappa shape index (κ3) is 4.88. The van der Waals surface area contributed by atoms with E-state index in [9.17, 15) is 4.79 Å². The van der Waals surface area contributed by atoms with Gasteiger partial charge in [-0.1, -0.05) is 29.8 Å². The van der Waals surface area contributed by atoms with Gasteiger partial charge in [-0.05, 0) is 32.3 Å². The van der Waals surface area contributed by atoms with Crippen molar-refractivity contribution in [2.75, 3.05) is 19.6 Å². The number of hydrogen-bond acceptors (Lipinski definition) is 2. The molecule has 2 N–H and O–H groups in total. The summed E-state index contributed by atoms with van der Waals surface area (Å²) in [6, 6.07) is 8.50. The van der Waals surface area contributed by atoms with Gasteiger partial charge in [-0.15, -0.1) is 0 Å². The average Bonchev–Trinajstić information content (AvgIpc) is 2.38. The molecule has 3 nitrogen and oxygen atoms in total. The van der Waals surface area contributed by atoms with E-state index in [0.717, 1.165) is 19.4 Å². The Balaban J connectivity index is 2.32. The van der Waals surface area contributed by atoms with Crippen LogP contribution in [0.25, 0.3) is 0 Å². The second-order valence-corrected chi connectivity index (χ2v) is 4.60. The van der Waals surface area contributed by atoms with Gasteiger partial charge in [-0.3, -0.25) is 4.79 Å². The summed E-state index contributed by atoms with van der Waals surface area (Å²) in [4.78, 5) is 13.7. The number of aryl methyl sites for hydroxylation is 2. The van der Waals surface area contributed by atoms with Crippen LogP contribution in [0.2, 0.25) is 0 Å². The molecule has 1 amide bonds. The number of hydrogen-bond donors (Lipinski definition) is 1. The highest BCUT2D eigenvalue weighted by molar-refractivity contribution is 5.76. The van der Waals surface area contributed by atoms with Crippen molar-refractivity contribution < 1.29 is 4.79 Å². The first-order valence-corrected chi connectivity index (χ1v) is 6.70. The Kier molecular flexibility index (Phi) is 6.44. The Bertz CT molecular complexity index is 359. The van der Waals surface area contributed by atoms with Gasteiger partial charge in [0, 0.05) is 26.1 Å². The number of nitrogens with zero attached hydrogens (tertiary/aromatic N) is 1. The predicted octanol–water partition coefficient (Wildman–Crippen LogP) is 2.12. The van der Waals surface area contributed by atoms with E-state index in [1.54, 1.807) is 0 Å². The molecular formula is C15H24N2O. The third-order valence-corrected chi connectivity index (χ3v) is 3.11. The zero-order valence-electron chi connectivity index (χ0n) is 11.5. The molecule has 1 rings (SSSR count). The second-order valence-electron chi connectivity index (χ2n) is 4.60. The van der Waals surface area contributed by atoms with E-state index in [-0.39, 0.29) is 5.91 Å². The number of carbonyl (C=O) groups excluding carboxylic acids is 1. The molecular weight excluding hydrogens is 224 g/mol. The molecule has 3 heteroatoms. The number of nitrogens with two attached hydrogens (primary N) is 1. The monoisotopic (exact) mass is 248 g/mol. The SMILES string of the molecule is CCN(CCN)C(=O)CCCc1ccc(C)cc1. The van der Waals surface area contributed by atoms with Gasteiger partial charge in [0.25, 0.3) is 0 Å². The van der Waals surface area contributed by atoms with Crippen LogP contribution >= 0.6 is 0 Å². The zero-order chi connectivity index (χ0) is 13.4. The fraction of sp³-hybridized carbons (Fsp3) is 0.533. The normalized spacial score (nSPS) is 10.4. The highest BCUT2D eigenvalue weighted by Gasteiger charge is 2.09. The van der Waals surface area contributed by atoms with Crippen molar-refractivity contribution in [2.45, 2.75) is 33.1 Å². The molecule has 0 aliphatic carbocycles. The molecule has 1 aromatic rings. The lowest BCUT2D eigenvalue weighted by molar-refractivity contribution is -0.131. The van der Waals surface area contributed by atoms with Crippen LogP contribution in [0.5, 0.6) is 0 Å². The highest BCUT2D eigenvalue weighted by Crippen LogP contribution is 2.08. The molecule has 0 saturated heterocycles. The lowest BCUT2D eigenvalue weighted by Crippen LogP contribution is -2.35. The summed E-state index contributed by atoms with van der Waals surface area (Å²) >= 11 is 0. The number of carbonyl (C=O) groups is 1. The minimum absolute atomic E-state index is 0.218. The van der Waals surface area contributed by atoms with Crippen molar-refractivity contribution in [3.63, 3.8) is 0 Å². The minimum Gasteiger partial charge on any atom is -0.342 e. The first-order valence-electron chi connectivity index (χ1n) is 6.70. The second kappa shape index (κ2) is 7.88. The van der Waals surface area contributed by atoms with Crippen LogP contribution in [-0.2, 0) is 11.2 Å². The average molecular weight is 248 g/mol. The van der Waals surface area contributed by atoms with E-state index in [0.29, 0.717) is 19.5 Å². The largest absolute Gasteiger partial charge is 0.342 e. The Morgan fingerprint density at radius 3 is 2.50 bits per heavy atom. The first kappa shape index (κ1) is 14.7. The maximum atomic E-state index is 11.9. The molecule has 0 radical (unpaired) electrons. The van der Waals surface area contributed by atoms with Crippen LogP contribution in [0.15, 0.2) is 24.3 Å². The molecule has 1 aromatic carbocycles. The van der Waals surface area contributed by atoms with Gasteiger partial charge in [-0.2, -0.15) is 0 Å². The molecule has 0 heterocycles. The van der Waals surface area contributed by atoms with Crippen molar-refractivity contribution >= 4 is 5.91 Å². The van der Waals surface area contributed by atoms with Crippen LogP contribution in [0.3, 0.4) is 0 Å². The fourth-order valence-corrected chi connectivity index (χ4v) is 1.97. The molecule has 0 saturated carbocycles. The van der Waals surface area contributed by atoms with Crippen molar-refractivity contribution in [3.05, 3.63) is 35.4 Å². The predicted molar refractivity (Wildman–Crippen MR) is 75.4 cm³/mol. The van der Waals surface area contributed by atoms with Crippen LogP contribution in [0.4, 0.5) is 0 Å². The van der Waals surface area contributed by atoms with E-state index < -0.39 is 0 Å². The Labute approximate surface area is 110 Å². The van der Waals surface area contributed by atoms with Crippen LogP contribution < -0.4 is 5.73 Å². The molecule has 0 aromatic heterocycles. The molecule has 0 unspecified atom stereocenters. The van der Waals surface area contributed by atoms with E-state index in [1.165, 1.54) is 11.1 Å². The summed E-state index contributed by atoms with van der Waals surface area (Å²) in [5, 5.41) is 0. The summed E-state index contributed by atoms with van der Waals surface area (Å²) in [5.74, 6) is 0.218. The quantitative estimate of drug-likeness (QED) is 0.803. The lowest BCUT2D eigenvalue weighted by Gasteiger charge is -2.19. The molecule has 0 atom stereocenters.